The lowest BCUT2D eigenvalue weighted by molar-refractivity contribution is 0.103. The SMILES string of the molecule is O=C(c1ccc2nc(-c3ccccc3)[nH]c2c1)c1ccc2nc(-c3ccccc3)[nH]c2c1. The number of aromatic amines is 2. The van der Waals surface area contributed by atoms with Crippen LogP contribution in [0, 0.1) is 0 Å². The number of ketones is 1. The molecule has 4 aromatic carbocycles. The van der Waals surface area contributed by atoms with Crippen molar-refractivity contribution >= 4 is 27.9 Å². The van der Waals surface area contributed by atoms with Crippen LogP contribution in [0.4, 0.5) is 0 Å². The van der Waals surface area contributed by atoms with Crippen LogP contribution in [0.25, 0.3) is 44.8 Å². The fourth-order valence-electron chi connectivity index (χ4n) is 3.93. The van der Waals surface area contributed by atoms with Crippen LogP contribution in [-0.4, -0.2) is 25.7 Å². The van der Waals surface area contributed by atoms with E-state index < -0.39 is 0 Å². The Morgan fingerprint density at radius 2 is 1.00 bits per heavy atom. The summed E-state index contributed by atoms with van der Waals surface area (Å²) in [6.07, 6.45) is 0. The second-order valence-electron chi connectivity index (χ2n) is 7.70. The molecule has 0 aliphatic heterocycles. The van der Waals surface area contributed by atoms with E-state index in [-0.39, 0.29) is 5.78 Å². The number of hydrogen-bond acceptors (Lipinski definition) is 3. The molecule has 0 aliphatic rings. The third-order valence-electron chi connectivity index (χ3n) is 5.58. The number of benzene rings is 4. The van der Waals surface area contributed by atoms with Crippen molar-refractivity contribution in [3.8, 4) is 22.8 Å². The maximum Gasteiger partial charge on any atom is 0.193 e. The van der Waals surface area contributed by atoms with E-state index in [1.807, 2.05) is 97.1 Å². The number of H-pyrrole nitrogens is 2. The Hall–Kier alpha value is -4.51. The molecule has 0 spiro atoms. The monoisotopic (exact) mass is 414 g/mol. The van der Waals surface area contributed by atoms with Gasteiger partial charge in [0.2, 0.25) is 0 Å². The maximum absolute atomic E-state index is 13.2. The number of carbonyl (C=O) groups is 1. The van der Waals surface area contributed by atoms with Gasteiger partial charge in [-0.3, -0.25) is 4.79 Å². The van der Waals surface area contributed by atoms with Crippen molar-refractivity contribution in [1.29, 1.82) is 0 Å². The van der Waals surface area contributed by atoms with E-state index in [2.05, 4.69) is 19.9 Å². The molecule has 0 fully saturated rings. The number of imidazole rings is 2. The van der Waals surface area contributed by atoms with Crippen molar-refractivity contribution in [3.63, 3.8) is 0 Å². The number of nitrogens with zero attached hydrogens (tertiary/aromatic N) is 2. The first-order valence-electron chi connectivity index (χ1n) is 10.4. The maximum atomic E-state index is 13.2. The molecule has 0 atom stereocenters. The Labute approximate surface area is 183 Å². The molecular formula is C27H18N4O. The number of carbonyl (C=O) groups excluding carboxylic acids is 1. The smallest absolute Gasteiger partial charge is 0.193 e. The summed E-state index contributed by atoms with van der Waals surface area (Å²) < 4.78 is 0. The van der Waals surface area contributed by atoms with Crippen molar-refractivity contribution in [1.82, 2.24) is 19.9 Å². The topological polar surface area (TPSA) is 74.4 Å². The van der Waals surface area contributed by atoms with E-state index in [1.165, 1.54) is 0 Å². The van der Waals surface area contributed by atoms with E-state index in [9.17, 15) is 4.79 Å². The Bertz CT molecular complexity index is 1460. The van der Waals surface area contributed by atoms with Crippen molar-refractivity contribution in [2.24, 2.45) is 0 Å². The van der Waals surface area contributed by atoms with Crippen LogP contribution in [0.5, 0.6) is 0 Å². The Kier molecular flexibility index (Phi) is 4.18. The predicted octanol–water partition coefficient (Wildman–Crippen LogP) is 6.00. The summed E-state index contributed by atoms with van der Waals surface area (Å²) >= 11 is 0. The standard InChI is InChI=1S/C27H18N4O/c32-25(19-11-13-21-23(15-19)30-26(28-21)17-7-3-1-4-8-17)20-12-14-22-24(16-20)31-27(29-22)18-9-5-2-6-10-18/h1-16H,(H,28,30)(H,29,31). The highest BCUT2D eigenvalue weighted by molar-refractivity contribution is 6.11. The lowest BCUT2D eigenvalue weighted by atomic mass is 10.0. The molecular weight excluding hydrogens is 396 g/mol. The van der Waals surface area contributed by atoms with Gasteiger partial charge >= 0.3 is 0 Å². The van der Waals surface area contributed by atoms with Gasteiger partial charge in [-0.1, -0.05) is 60.7 Å². The molecule has 6 rings (SSSR count). The summed E-state index contributed by atoms with van der Waals surface area (Å²) in [6, 6.07) is 31.0. The Balaban J connectivity index is 1.35. The molecule has 0 radical (unpaired) electrons. The van der Waals surface area contributed by atoms with E-state index in [0.29, 0.717) is 11.1 Å². The van der Waals surface area contributed by atoms with Crippen molar-refractivity contribution in [3.05, 3.63) is 108 Å². The summed E-state index contributed by atoms with van der Waals surface area (Å²) in [4.78, 5) is 29.2. The Morgan fingerprint density at radius 3 is 1.44 bits per heavy atom. The Morgan fingerprint density at radius 1 is 0.562 bits per heavy atom. The average Bonchev–Trinajstić information content (AvgIpc) is 3.48. The molecule has 32 heavy (non-hydrogen) atoms. The minimum absolute atomic E-state index is 0.0412. The first-order chi connectivity index (χ1) is 15.7. The molecule has 6 aromatic rings. The lowest BCUT2D eigenvalue weighted by Crippen LogP contribution is -2.01. The first-order valence-corrected chi connectivity index (χ1v) is 10.4. The minimum atomic E-state index is -0.0412. The van der Waals surface area contributed by atoms with Gasteiger partial charge in [-0.2, -0.15) is 0 Å². The largest absolute Gasteiger partial charge is 0.338 e. The van der Waals surface area contributed by atoms with Gasteiger partial charge in [0, 0.05) is 22.3 Å². The van der Waals surface area contributed by atoms with Crippen LogP contribution < -0.4 is 0 Å². The fraction of sp³-hybridized carbons (Fsp3) is 0. The molecule has 152 valence electrons. The summed E-state index contributed by atoms with van der Waals surface area (Å²) in [7, 11) is 0. The van der Waals surface area contributed by atoms with Gasteiger partial charge in [0.25, 0.3) is 0 Å². The van der Waals surface area contributed by atoms with E-state index >= 15 is 0 Å². The molecule has 0 saturated carbocycles. The number of aromatic nitrogens is 4. The molecule has 0 aliphatic carbocycles. The summed E-state index contributed by atoms with van der Waals surface area (Å²) in [5, 5.41) is 0. The zero-order chi connectivity index (χ0) is 21.5. The van der Waals surface area contributed by atoms with Gasteiger partial charge < -0.3 is 9.97 Å². The van der Waals surface area contributed by atoms with Gasteiger partial charge in [0.05, 0.1) is 22.1 Å². The molecule has 0 saturated heterocycles. The summed E-state index contributed by atoms with van der Waals surface area (Å²) in [6.45, 7) is 0. The van der Waals surface area contributed by atoms with E-state index in [0.717, 1.165) is 44.8 Å². The quantitative estimate of drug-likeness (QED) is 0.347. The highest BCUT2D eigenvalue weighted by atomic mass is 16.1. The molecule has 5 nitrogen and oxygen atoms in total. The van der Waals surface area contributed by atoms with E-state index in [1.54, 1.807) is 0 Å². The number of hydrogen-bond donors (Lipinski definition) is 2. The third-order valence-corrected chi connectivity index (χ3v) is 5.58. The second-order valence-corrected chi connectivity index (χ2v) is 7.70. The zero-order valence-electron chi connectivity index (χ0n) is 17.0. The van der Waals surface area contributed by atoms with Gasteiger partial charge in [-0.25, -0.2) is 9.97 Å². The zero-order valence-corrected chi connectivity index (χ0v) is 17.0. The molecule has 0 bridgehead atoms. The van der Waals surface area contributed by atoms with Crippen LogP contribution in [0.3, 0.4) is 0 Å². The number of rotatable bonds is 4. The van der Waals surface area contributed by atoms with Gasteiger partial charge in [-0.05, 0) is 36.4 Å². The van der Waals surface area contributed by atoms with E-state index in [4.69, 9.17) is 0 Å². The van der Waals surface area contributed by atoms with Crippen LogP contribution in [-0.2, 0) is 0 Å². The normalized spacial score (nSPS) is 11.2. The number of fused-ring (bicyclic) bond motifs is 2. The van der Waals surface area contributed by atoms with Crippen LogP contribution >= 0.6 is 0 Å². The molecule has 2 N–H and O–H groups in total. The molecule has 2 heterocycles. The van der Waals surface area contributed by atoms with Crippen LogP contribution in [0.2, 0.25) is 0 Å². The summed E-state index contributed by atoms with van der Waals surface area (Å²) in [5.74, 6) is 1.54. The number of nitrogens with one attached hydrogen (secondary N) is 2. The second kappa shape index (κ2) is 7.32. The highest BCUT2D eigenvalue weighted by Crippen LogP contribution is 2.24. The molecule has 0 unspecified atom stereocenters. The minimum Gasteiger partial charge on any atom is -0.338 e. The average molecular weight is 414 g/mol. The lowest BCUT2D eigenvalue weighted by Gasteiger charge is -2.01. The highest BCUT2D eigenvalue weighted by Gasteiger charge is 2.14. The van der Waals surface area contributed by atoms with Gasteiger partial charge in [-0.15, -0.1) is 0 Å². The van der Waals surface area contributed by atoms with Crippen molar-refractivity contribution in [2.45, 2.75) is 0 Å². The van der Waals surface area contributed by atoms with Crippen LogP contribution in [0.1, 0.15) is 15.9 Å². The molecule has 5 heteroatoms. The molecule has 2 aromatic heterocycles. The van der Waals surface area contributed by atoms with Gasteiger partial charge in [0.1, 0.15) is 11.6 Å². The van der Waals surface area contributed by atoms with Crippen LogP contribution in [0.15, 0.2) is 97.1 Å². The van der Waals surface area contributed by atoms with Crippen molar-refractivity contribution in [2.75, 3.05) is 0 Å². The van der Waals surface area contributed by atoms with Crippen molar-refractivity contribution < 1.29 is 4.79 Å². The summed E-state index contributed by atoms with van der Waals surface area (Å²) in [5.41, 5.74) is 6.58. The van der Waals surface area contributed by atoms with Gasteiger partial charge in [0.15, 0.2) is 5.78 Å². The molecule has 0 amide bonds. The predicted molar refractivity (Wildman–Crippen MR) is 126 cm³/mol. The first kappa shape index (κ1) is 18.3. The third kappa shape index (κ3) is 3.17. The fourth-order valence-corrected chi connectivity index (χ4v) is 3.93.